The molecule has 5 nitrogen and oxygen atoms in total. The molecule has 0 radical (unpaired) electrons. The van der Waals surface area contributed by atoms with Crippen molar-refractivity contribution in [1.82, 2.24) is 14.5 Å². The maximum absolute atomic E-state index is 13.4. The van der Waals surface area contributed by atoms with E-state index < -0.39 is 0 Å². The molecule has 6 heteroatoms. The van der Waals surface area contributed by atoms with E-state index in [1.54, 1.807) is 10.9 Å². The predicted molar refractivity (Wildman–Crippen MR) is 145 cm³/mol. The van der Waals surface area contributed by atoms with Gasteiger partial charge in [0.15, 0.2) is 0 Å². The van der Waals surface area contributed by atoms with Gasteiger partial charge in [0.25, 0.3) is 5.56 Å². The Bertz CT molecular complexity index is 1320. The van der Waals surface area contributed by atoms with Gasteiger partial charge in [-0.1, -0.05) is 31.1 Å². The molecule has 3 heterocycles. The molecule has 3 fully saturated rings. The maximum atomic E-state index is 13.4. The number of benzene rings is 1. The van der Waals surface area contributed by atoms with Gasteiger partial charge in [-0.15, -0.1) is 11.3 Å². The minimum Gasteiger partial charge on any atom is -0.370 e. The minimum atomic E-state index is -0.00762. The molecule has 0 bridgehead atoms. The van der Waals surface area contributed by atoms with Gasteiger partial charge >= 0.3 is 0 Å². The highest BCUT2D eigenvalue weighted by atomic mass is 32.1. The van der Waals surface area contributed by atoms with E-state index in [0.29, 0.717) is 4.70 Å². The Morgan fingerprint density at radius 3 is 2.49 bits per heavy atom. The second kappa shape index (κ2) is 9.44. The molecule has 0 spiro atoms. The van der Waals surface area contributed by atoms with Crippen molar-refractivity contribution < 1.29 is 0 Å². The summed E-state index contributed by atoms with van der Waals surface area (Å²) in [5.74, 6) is 7.95. The summed E-state index contributed by atoms with van der Waals surface area (Å²) < 4.78 is 2.36. The van der Waals surface area contributed by atoms with Crippen molar-refractivity contribution in [2.75, 3.05) is 38.1 Å². The van der Waals surface area contributed by atoms with Crippen LogP contribution in [0, 0.1) is 23.2 Å². The van der Waals surface area contributed by atoms with E-state index in [9.17, 15) is 4.79 Å². The second-order valence-corrected chi connectivity index (χ2v) is 11.7. The lowest BCUT2D eigenvalue weighted by atomic mass is 9.64. The van der Waals surface area contributed by atoms with E-state index >= 15 is 0 Å². The molecule has 0 atom stereocenters. The average molecular weight is 487 g/mol. The van der Waals surface area contributed by atoms with E-state index in [4.69, 9.17) is 0 Å². The molecule has 3 aliphatic rings. The van der Waals surface area contributed by atoms with Crippen molar-refractivity contribution in [2.45, 2.75) is 51.4 Å². The molecule has 2 aromatic heterocycles. The Hall–Kier alpha value is -2.62. The van der Waals surface area contributed by atoms with E-state index in [1.807, 2.05) is 18.2 Å². The largest absolute Gasteiger partial charge is 0.370 e. The maximum Gasteiger partial charge on any atom is 0.275 e. The van der Waals surface area contributed by atoms with Crippen molar-refractivity contribution in [2.24, 2.45) is 11.3 Å². The monoisotopic (exact) mass is 486 g/mol. The zero-order chi connectivity index (χ0) is 23.8. The fraction of sp³-hybridized carbons (Fsp3) is 0.517. The van der Waals surface area contributed by atoms with Gasteiger partial charge in [0, 0.05) is 30.7 Å². The molecular formula is C29H34N4OS. The van der Waals surface area contributed by atoms with Crippen LogP contribution in [0.15, 0.2) is 41.5 Å². The lowest BCUT2D eigenvalue weighted by Gasteiger charge is -2.39. The molecule has 6 rings (SSSR count). The Kier molecular flexibility index (Phi) is 6.16. The number of anilines is 1. The summed E-state index contributed by atoms with van der Waals surface area (Å²) in [5.41, 5.74) is 3.04. The lowest BCUT2D eigenvalue weighted by molar-refractivity contribution is 0.148. The van der Waals surface area contributed by atoms with Crippen LogP contribution in [0.3, 0.4) is 0 Å². The third-order valence-electron chi connectivity index (χ3n) is 8.47. The SMILES string of the molecule is CN1CCCN(c2ccc(-n3cnc4cc(C#CC5(C6CCC6)CCCC5)sc4c3=O)cc2)CC1. The molecule has 3 aromatic rings. The predicted octanol–water partition coefficient (Wildman–Crippen LogP) is 5.30. The van der Waals surface area contributed by atoms with Crippen molar-refractivity contribution in [3.63, 3.8) is 0 Å². The smallest absolute Gasteiger partial charge is 0.275 e. The molecule has 35 heavy (non-hydrogen) atoms. The molecule has 2 aliphatic carbocycles. The Balaban J connectivity index is 1.26. The molecule has 1 saturated heterocycles. The quantitative estimate of drug-likeness (QED) is 0.471. The van der Waals surface area contributed by atoms with E-state index in [1.165, 1.54) is 68.4 Å². The normalized spacial score (nSPS) is 20.9. The molecule has 1 aromatic carbocycles. The van der Waals surface area contributed by atoms with Gasteiger partial charge in [0.1, 0.15) is 11.0 Å². The third kappa shape index (κ3) is 4.41. The first-order chi connectivity index (χ1) is 17.1. The number of rotatable bonds is 3. The first-order valence-electron chi connectivity index (χ1n) is 13.2. The number of thiophene rings is 1. The summed E-state index contributed by atoms with van der Waals surface area (Å²) in [4.78, 5) is 23.8. The summed E-state index contributed by atoms with van der Waals surface area (Å²) >= 11 is 1.50. The Morgan fingerprint density at radius 2 is 1.74 bits per heavy atom. The topological polar surface area (TPSA) is 41.4 Å². The van der Waals surface area contributed by atoms with Crippen molar-refractivity contribution in [1.29, 1.82) is 0 Å². The fourth-order valence-corrected chi connectivity index (χ4v) is 6.97. The second-order valence-electron chi connectivity index (χ2n) is 10.6. The summed E-state index contributed by atoms with van der Waals surface area (Å²) in [6, 6.07) is 10.3. The van der Waals surface area contributed by atoms with E-state index in [-0.39, 0.29) is 11.0 Å². The molecule has 0 amide bonds. The third-order valence-corrected chi connectivity index (χ3v) is 9.50. The van der Waals surface area contributed by atoms with Crippen molar-refractivity contribution in [3.05, 3.63) is 51.9 Å². The van der Waals surface area contributed by atoms with Crippen LogP contribution < -0.4 is 10.5 Å². The average Bonchev–Trinajstić information content (AvgIpc) is 3.41. The molecule has 1 aliphatic heterocycles. The molecule has 0 unspecified atom stereocenters. The number of aromatic nitrogens is 2. The van der Waals surface area contributed by atoms with Crippen LogP contribution in [-0.2, 0) is 0 Å². The van der Waals surface area contributed by atoms with Crippen LogP contribution in [0.1, 0.15) is 56.2 Å². The highest BCUT2D eigenvalue weighted by Gasteiger charge is 2.42. The summed E-state index contributed by atoms with van der Waals surface area (Å²) in [6.07, 6.45) is 11.9. The van der Waals surface area contributed by atoms with Crippen LogP contribution in [-0.4, -0.2) is 47.7 Å². The van der Waals surface area contributed by atoms with Gasteiger partial charge in [-0.25, -0.2) is 4.98 Å². The first kappa shape index (κ1) is 22.8. The van der Waals surface area contributed by atoms with Crippen LogP contribution in [0.25, 0.3) is 15.9 Å². The van der Waals surface area contributed by atoms with Crippen LogP contribution in [0.2, 0.25) is 0 Å². The number of nitrogens with zero attached hydrogens (tertiary/aromatic N) is 4. The van der Waals surface area contributed by atoms with Crippen molar-refractivity contribution in [3.8, 4) is 17.5 Å². The zero-order valence-corrected chi connectivity index (χ0v) is 21.4. The summed E-state index contributed by atoms with van der Waals surface area (Å²) in [5, 5.41) is 0. The zero-order valence-electron chi connectivity index (χ0n) is 20.6. The van der Waals surface area contributed by atoms with E-state index in [0.717, 1.165) is 48.2 Å². The van der Waals surface area contributed by atoms with Gasteiger partial charge in [-0.3, -0.25) is 9.36 Å². The van der Waals surface area contributed by atoms with Gasteiger partial charge in [-0.2, -0.15) is 0 Å². The van der Waals surface area contributed by atoms with Crippen molar-refractivity contribution >= 4 is 27.2 Å². The minimum absolute atomic E-state index is 0.00762. The van der Waals surface area contributed by atoms with Crippen LogP contribution >= 0.6 is 11.3 Å². The van der Waals surface area contributed by atoms with E-state index in [2.05, 4.69) is 45.8 Å². The van der Waals surface area contributed by atoms with Gasteiger partial charge < -0.3 is 9.80 Å². The summed E-state index contributed by atoms with van der Waals surface area (Å²) in [7, 11) is 2.19. The number of hydrogen-bond acceptors (Lipinski definition) is 5. The molecule has 182 valence electrons. The fourth-order valence-electron chi connectivity index (χ4n) is 6.07. The van der Waals surface area contributed by atoms with Crippen LogP contribution in [0.4, 0.5) is 5.69 Å². The summed E-state index contributed by atoms with van der Waals surface area (Å²) in [6.45, 7) is 4.32. The molecular weight excluding hydrogens is 452 g/mol. The number of fused-ring (bicyclic) bond motifs is 1. The highest BCUT2D eigenvalue weighted by Crippen LogP contribution is 2.51. The first-order valence-corrected chi connectivity index (χ1v) is 14.0. The number of hydrogen-bond donors (Lipinski definition) is 0. The van der Waals surface area contributed by atoms with Gasteiger partial charge in [0.05, 0.1) is 16.1 Å². The highest BCUT2D eigenvalue weighted by molar-refractivity contribution is 7.19. The molecule has 0 N–H and O–H groups in total. The lowest BCUT2D eigenvalue weighted by Crippen LogP contribution is -2.31. The standard InChI is InChI=1S/C29H34N4OS/c1-31-16-5-17-32(19-18-31)23-8-10-24(11-9-23)33-21-30-26-20-25(35-27(26)28(33)34)12-15-29(13-2-3-14-29)22-6-4-7-22/h8-11,20-22H,2-7,13-14,16-19H2,1H3. The molecule has 2 saturated carbocycles. The van der Waals surface area contributed by atoms with Gasteiger partial charge in [-0.05, 0) is 81.9 Å². The Morgan fingerprint density at radius 1 is 0.971 bits per heavy atom. The Labute approximate surface area is 211 Å². The number of likely N-dealkylation sites (N-methyl/N-ethyl adjacent to an activating group) is 1. The van der Waals surface area contributed by atoms with Crippen LogP contribution in [0.5, 0.6) is 0 Å². The van der Waals surface area contributed by atoms with Gasteiger partial charge in [0.2, 0.25) is 0 Å².